The average molecular weight is 535 g/mol. The van der Waals surface area contributed by atoms with Gasteiger partial charge in [-0.15, -0.1) is 0 Å². The zero-order chi connectivity index (χ0) is 26.3. The fourth-order valence-corrected chi connectivity index (χ4v) is 5.43. The summed E-state index contributed by atoms with van der Waals surface area (Å²) in [5, 5.41) is 3.65. The van der Waals surface area contributed by atoms with Crippen molar-refractivity contribution in [2.24, 2.45) is 0 Å². The van der Waals surface area contributed by atoms with Crippen molar-refractivity contribution in [3.8, 4) is 0 Å². The second-order valence-corrected chi connectivity index (χ2v) is 11.8. The summed E-state index contributed by atoms with van der Waals surface area (Å²) in [6.07, 6.45) is 5.15. The molecular formula is C26H35ClN4O4S. The zero-order valence-electron chi connectivity index (χ0n) is 21.1. The Morgan fingerprint density at radius 1 is 1.00 bits per heavy atom. The maximum atomic E-state index is 13.7. The molecule has 36 heavy (non-hydrogen) atoms. The molecule has 8 nitrogen and oxygen atoms in total. The Balaban J connectivity index is 1.88. The van der Waals surface area contributed by atoms with Gasteiger partial charge in [-0.2, -0.15) is 12.7 Å². The molecule has 0 aromatic heterocycles. The van der Waals surface area contributed by atoms with Crippen molar-refractivity contribution in [2.75, 3.05) is 24.9 Å². The van der Waals surface area contributed by atoms with Crippen molar-refractivity contribution in [2.45, 2.75) is 57.7 Å². The van der Waals surface area contributed by atoms with Gasteiger partial charge in [0.25, 0.3) is 0 Å². The van der Waals surface area contributed by atoms with Gasteiger partial charge >= 0.3 is 10.2 Å². The highest BCUT2D eigenvalue weighted by molar-refractivity contribution is 7.90. The van der Waals surface area contributed by atoms with Crippen LogP contribution in [0.1, 0.15) is 44.6 Å². The van der Waals surface area contributed by atoms with Crippen LogP contribution >= 0.6 is 11.6 Å². The summed E-state index contributed by atoms with van der Waals surface area (Å²) in [6.45, 7) is 1.37. The summed E-state index contributed by atoms with van der Waals surface area (Å²) in [4.78, 5) is 28.3. The van der Waals surface area contributed by atoms with E-state index in [1.54, 1.807) is 61.5 Å². The lowest BCUT2D eigenvalue weighted by molar-refractivity contribution is -0.139. The first-order valence-corrected chi connectivity index (χ1v) is 14.0. The van der Waals surface area contributed by atoms with Crippen molar-refractivity contribution in [3.63, 3.8) is 0 Å². The monoisotopic (exact) mass is 534 g/mol. The maximum Gasteiger partial charge on any atom is 0.304 e. The van der Waals surface area contributed by atoms with Gasteiger partial charge < -0.3 is 10.2 Å². The highest BCUT2D eigenvalue weighted by Gasteiger charge is 2.33. The van der Waals surface area contributed by atoms with Gasteiger partial charge in [0.1, 0.15) is 12.6 Å². The molecule has 2 aromatic carbocycles. The number of hydrogen-bond acceptors (Lipinski definition) is 4. The van der Waals surface area contributed by atoms with Crippen LogP contribution in [0.15, 0.2) is 54.6 Å². The summed E-state index contributed by atoms with van der Waals surface area (Å²) < 4.78 is 28.4. The largest absolute Gasteiger partial charge is 0.352 e. The number of rotatable bonds is 10. The van der Waals surface area contributed by atoms with E-state index in [0.29, 0.717) is 10.7 Å². The van der Waals surface area contributed by atoms with Gasteiger partial charge in [-0.25, -0.2) is 4.31 Å². The summed E-state index contributed by atoms with van der Waals surface area (Å²) >= 11 is 6.03. The van der Waals surface area contributed by atoms with Crippen LogP contribution in [0.25, 0.3) is 0 Å². The third kappa shape index (κ3) is 7.21. The molecule has 0 saturated heterocycles. The molecule has 0 heterocycles. The Morgan fingerprint density at radius 2 is 1.61 bits per heavy atom. The third-order valence-electron chi connectivity index (χ3n) is 6.45. The molecule has 1 fully saturated rings. The molecule has 2 amide bonds. The average Bonchev–Trinajstić information content (AvgIpc) is 2.87. The quantitative estimate of drug-likeness (QED) is 0.502. The Kier molecular flexibility index (Phi) is 9.76. The van der Waals surface area contributed by atoms with Crippen LogP contribution in [0, 0.1) is 0 Å². The lowest BCUT2D eigenvalue weighted by Crippen LogP contribution is -2.53. The molecule has 0 radical (unpaired) electrons. The molecule has 196 valence electrons. The molecule has 1 N–H and O–H groups in total. The first kappa shape index (κ1) is 28.0. The van der Waals surface area contributed by atoms with Crippen LogP contribution in [-0.2, 0) is 26.3 Å². The summed E-state index contributed by atoms with van der Waals surface area (Å²) in [7, 11) is -1.13. The fraction of sp³-hybridized carbons (Fsp3) is 0.462. The van der Waals surface area contributed by atoms with E-state index in [0.717, 1.165) is 39.9 Å². The number of benzene rings is 2. The standard InChI is InChI=1S/C26H35ClN4O4S/c1-20(26(33)28-23-10-6-4-7-11-23)30(18-21-14-16-22(27)17-15-21)25(32)19-31(36(34,35)29(2)3)24-12-8-5-9-13-24/h5,8-9,12-17,20,23H,4,6-7,10-11,18-19H2,1-3H3,(H,28,33)/t20-/m0/s1. The highest BCUT2D eigenvalue weighted by atomic mass is 35.5. The Bertz CT molecular complexity index is 1120. The Hall–Kier alpha value is -2.62. The van der Waals surface area contributed by atoms with Crippen LogP contribution in [0.2, 0.25) is 5.02 Å². The van der Waals surface area contributed by atoms with E-state index < -0.39 is 28.7 Å². The first-order chi connectivity index (χ1) is 17.1. The van der Waals surface area contributed by atoms with Crippen molar-refractivity contribution in [1.29, 1.82) is 0 Å². The minimum absolute atomic E-state index is 0.0936. The molecule has 0 unspecified atom stereocenters. The maximum absolute atomic E-state index is 13.7. The summed E-state index contributed by atoms with van der Waals surface area (Å²) in [5.41, 5.74) is 1.15. The predicted octanol–water partition coefficient (Wildman–Crippen LogP) is 3.82. The van der Waals surface area contributed by atoms with Crippen molar-refractivity contribution in [3.05, 3.63) is 65.2 Å². The molecule has 0 spiro atoms. The fourth-order valence-electron chi connectivity index (χ4n) is 4.25. The molecule has 1 saturated carbocycles. The molecule has 2 aromatic rings. The molecule has 0 aliphatic heterocycles. The molecule has 1 atom stereocenters. The normalized spacial score (nSPS) is 15.4. The van der Waals surface area contributed by atoms with E-state index in [1.165, 1.54) is 25.4 Å². The SMILES string of the molecule is C[C@@H](C(=O)NC1CCCCC1)N(Cc1ccc(Cl)cc1)C(=O)CN(c1ccccc1)S(=O)(=O)N(C)C. The third-order valence-corrected chi connectivity index (χ3v) is 8.52. The number of nitrogens with zero attached hydrogens (tertiary/aromatic N) is 3. The van der Waals surface area contributed by atoms with Crippen LogP contribution in [-0.4, -0.2) is 62.2 Å². The van der Waals surface area contributed by atoms with E-state index in [-0.39, 0.29) is 18.5 Å². The minimum Gasteiger partial charge on any atom is -0.352 e. The van der Waals surface area contributed by atoms with Crippen molar-refractivity contribution >= 4 is 39.3 Å². The van der Waals surface area contributed by atoms with Crippen molar-refractivity contribution < 1.29 is 18.0 Å². The molecule has 3 rings (SSSR count). The summed E-state index contributed by atoms with van der Waals surface area (Å²) in [6, 6.07) is 14.8. The van der Waals surface area contributed by atoms with E-state index in [1.807, 2.05) is 0 Å². The van der Waals surface area contributed by atoms with Crippen LogP contribution in [0.5, 0.6) is 0 Å². The van der Waals surface area contributed by atoms with Gasteiger partial charge in [0.2, 0.25) is 11.8 Å². The van der Waals surface area contributed by atoms with E-state index >= 15 is 0 Å². The van der Waals surface area contributed by atoms with Gasteiger partial charge in [-0.3, -0.25) is 9.59 Å². The molecule has 1 aliphatic rings. The molecular weight excluding hydrogens is 500 g/mol. The Morgan fingerprint density at radius 3 is 2.19 bits per heavy atom. The van der Waals surface area contributed by atoms with Gasteiger partial charge in [-0.1, -0.05) is 61.2 Å². The molecule has 1 aliphatic carbocycles. The number of carbonyl (C=O) groups is 2. The van der Waals surface area contributed by atoms with Crippen LogP contribution in [0.4, 0.5) is 5.69 Å². The van der Waals surface area contributed by atoms with E-state index in [2.05, 4.69) is 5.32 Å². The van der Waals surface area contributed by atoms with Gasteiger partial charge in [0, 0.05) is 31.7 Å². The van der Waals surface area contributed by atoms with E-state index in [9.17, 15) is 18.0 Å². The number of halogens is 1. The van der Waals surface area contributed by atoms with Gasteiger partial charge in [0.15, 0.2) is 0 Å². The number of carbonyl (C=O) groups excluding carboxylic acids is 2. The van der Waals surface area contributed by atoms with Crippen LogP contribution in [0.3, 0.4) is 0 Å². The van der Waals surface area contributed by atoms with Gasteiger partial charge in [-0.05, 0) is 49.6 Å². The second-order valence-electron chi connectivity index (χ2n) is 9.30. The minimum atomic E-state index is -3.97. The highest BCUT2D eigenvalue weighted by Crippen LogP contribution is 2.22. The van der Waals surface area contributed by atoms with Gasteiger partial charge in [0.05, 0.1) is 5.69 Å². The predicted molar refractivity (Wildman–Crippen MR) is 143 cm³/mol. The van der Waals surface area contributed by atoms with Crippen molar-refractivity contribution in [1.82, 2.24) is 14.5 Å². The second kappa shape index (κ2) is 12.6. The lowest BCUT2D eigenvalue weighted by atomic mass is 9.95. The molecule has 10 heteroatoms. The Labute approximate surface area is 219 Å². The number of nitrogens with one attached hydrogen (secondary N) is 1. The topological polar surface area (TPSA) is 90.0 Å². The van der Waals surface area contributed by atoms with Crippen LogP contribution < -0.4 is 9.62 Å². The number of para-hydroxylation sites is 1. The number of amides is 2. The smallest absolute Gasteiger partial charge is 0.304 e. The van der Waals surface area contributed by atoms with E-state index in [4.69, 9.17) is 11.6 Å². The first-order valence-electron chi connectivity index (χ1n) is 12.2. The number of anilines is 1. The summed E-state index contributed by atoms with van der Waals surface area (Å²) in [5.74, 6) is -0.725. The lowest BCUT2D eigenvalue weighted by Gasteiger charge is -2.33. The molecule has 0 bridgehead atoms. The zero-order valence-corrected chi connectivity index (χ0v) is 22.6. The number of hydrogen-bond donors (Lipinski definition) is 1.